The monoisotopic (exact) mass is 397 g/mol. The number of aromatic nitrogens is 2. The topological polar surface area (TPSA) is 95.7 Å². The molecule has 8 nitrogen and oxygen atoms in total. The number of aryl methyl sites for hydroxylation is 1. The van der Waals surface area contributed by atoms with Gasteiger partial charge in [0.05, 0.1) is 21.3 Å². The van der Waals surface area contributed by atoms with E-state index in [9.17, 15) is 4.79 Å². The fraction of sp³-hybridized carbons (Fsp3) is 0.286. The van der Waals surface area contributed by atoms with Crippen LogP contribution >= 0.6 is 0 Å². The van der Waals surface area contributed by atoms with Crippen LogP contribution in [-0.4, -0.2) is 37.4 Å². The molecule has 3 rings (SSSR count). The lowest BCUT2D eigenvalue weighted by atomic mass is 10.1. The summed E-state index contributed by atoms with van der Waals surface area (Å²) in [6, 6.07) is 10.4. The van der Waals surface area contributed by atoms with Gasteiger partial charge in [0.1, 0.15) is 6.04 Å². The molecule has 29 heavy (non-hydrogen) atoms. The molecule has 0 saturated heterocycles. The third-order valence-corrected chi connectivity index (χ3v) is 4.47. The number of nitrogens with one attached hydrogen (secondary N) is 1. The average Bonchev–Trinajstić information content (AvgIpc) is 3.23. The van der Waals surface area contributed by atoms with Gasteiger partial charge in [-0.1, -0.05) is 29.4 Å². The summed E-state index contributed by atoms with van der Waals surface area (Å²) in [5.74, 6) is 1.65. The molecule has 0 bridgehead atoms. The Morgan fingerprint density at radius 2 is 1.72 bits per heavy atom. The van der Waals surface area contributed by atoms with Crippen molar-refractivity contribution in [3.8, 4) is 28.6 Å². The first-order chi connectivity index (χ1) is 14.0. The van der Waals surface area contributed by atoms with Crippen LogP contribution in [0.3, 0.4) is 0 Å². The van der Waals surface area contributed by atoms with E-state index >= 15 is 0 Å². The predicted molar refractivity (Wildman–Crippen MR) is 106 cm³/mol. The number of carbonyl (C=O) groups excluding carboxylic acids is 1. The Morgan fingerprint density at radius 3 is 2.31 bits per heavy atom. The van der Waals surface area contributed by atoms with Crippen LogP contribution in [0.1, 0.15) is 34.8 Å². The minimum Gasteiger partial charge on any atom is -0.493 e. The molecule has 3 aromatic rings. The number of ether oxygens (including phenoxy) is 3. The molecule has 1 amide bonds. The van der Waals surface area contributed by atoms with Crippen molar-refractivity contribution in [3.63, 3.8) is 0 Å². The van der Waals surface area contributed by atoms with Gasteiger partial charge >= 0.3 is 0 Å². The number of hydrogen-bond acceptors (Lipinski definition) is 7. The Kier molecular flexibility index (Phi) is 6.01. The van der Waals surface area contributed by atoms with E-state index in [1.165, 1.54) is 21.3 Å². The van der Waals surface area contributed by atoms with Crippen LogP contribution in [0.5, 0.6) is 17.2 Å². The van der Waals surface area contributed by atoms with E-state index in [0.29, 0.717) is 34.5 Å². The summed E-state index contributed by atoms with van der Waals surface area (Å²) in [7, 11) is 4.49. The third-order valence-electron chi connectivity index (χ3n) is 4.47. The maximum Gasteiger partial charge on any atom is 0.252 e. The Labute approximate surface area is 168 Å². The van der Waals surface area contributed by atoms with Crippen LogP contribution in [0, 0.1) is 6.92 Å². The van der Waals surface area contributed by atoms with Gasteiger partial charge in [-0.05, 0) is 31.5 Å². The van der Waals surface area contributed by atoms with Crippen molar-refractivity contribution < 1.29 is 23.5 Å². The number of amides is 1. The molecule has 0 radical (unpaired) electrons. The van der Waals surface area contributed by atoms with Crippen molar-refractivity contribution in [2.24, 2.45) is 0 Å². The zero-order valence-electron chi connectivity index (χ0n) is 17.0. The summed E-state index contributed by atoms with van der Waals surface area (Å²) in [5.41, 5.74) is 2.27. The normalized spacial score (nSPS) is 11.6. The van der Waals surface area contributed by atoms with Gasteiger partial charge in [-0.25, -0.2) is 0 Å². The maximum atomic E-state index is 12.7. The standard InChI is InChI=1S/C21H23N3O5/c1-12-8-6-7-9-15(12)19-23-21(29-24-19)13(2)22-20(25)14-10-16(26-3)18(28-5)17(11-14)27-4/h6-11,13H,1-5H3,(H,22,25)/t13-/m0/s1. The molecule has 0 aliphatic rings. The smallest absolute Gasteiger partial charge is 0.252 e. The van der Waals surface area contributed by atoms with Crippen molar-refractivity contribution in [3.05, 3.63) is 53.4 Å². The average molecular weight is 397 g/mol. The summed E-state index contributed by atoms with van der Waals surface area (Å²) in [6.45, 7) is 3.74. The first kappa shape index (κ1) is 20.2. The van der Waals surface area contributed by atoms with E-state index in [4.69, 9.17) is 18.7 Å². The highest BCUT2D eigenvalue weighted by Crippen LogP contribution is 2.38. The SMILES string of the molecule is COc1cc(C(=O)N[C@@H](C)c2nc(-c3ccccc3C)no2)cc(OC)c1OC. The molecule has 1 atom stereocenters. The van der Waals surface area contributed by atoms with Gasteiger partial charge in [0.2, 0.25) is 17.5 Å². The molecular formula is C21H23N3O5. The van der Waals surface area contributed by atoms with E-state index in [-0.39, 0.29) is 5.91 Å². The van der Waals surface area contributed by atoms with Crippen LogP contribution < -0.4 is 19.5 Å². The number of methoxy groups -OCH3 is 3. The van der Waals surface area contributed by atoms with E-state index in [1.807, 2.05) is 31.2 Å². The van der Waals surface area contributed by atoms with Crippen molar-refractivity contribution in [1.82, 2.24) is 15.5 Å². The fourth-order valence-corrected chi connectivity index (χ4v) is 2.90. The highest BCUT2D eigenvalue weighted by atomic mass is 16.5. The molecule has 1 aromatic heterocycles. The summed E-state index contributed by atoms with van der Waals surface area (Å²) in [6.07, 6.45) is 0. The second kappa shape index (κ2) is 8.64. The summed E-state index contributed by atoms with van der Waals surface area (Å²) in [4.78, 5) is 17.2. The van der Waals surface area contributed by atoms with Crippen molar-refractivity contribution in [2.45, 2.75) is 19.9 Å². The Bertz CT molecular complexity index is 990. The molecule has 0 saturated carbocycles. The number of benzene rings is 2. The van der Waals surface area contributed by atoms with Gasteiger partial charge in [-0.3, -0.25) is 4.79 Å². The molecular weight excluding hydrogens is 374 g/mol. The minimum atomic E-state index is -0.494. The van der Waals surface area contributed by atoms with Gasteiger partial charge < -0.3 is 24.1 Å². The van der Waals surface area contributed by atoms with Gasteiger partial charge in [0.15, 0.2) is 11.5 Å². The number of rotatable bonds is 7. The summed E-state index contributed by atoms with van der Waals surface area (Å²) < 4.78 is 21.2. The number of carbonyl (C=O) groups is 1. The largest absolute Gasteiger partial charge is 0.493 e. The zero-order valence-corrected chi connectivity index (χ0v) is 17.0. The maximum absolute atomic E-state index is 12.7. The van der Waals surface area contributed by atoms with Crippen LogP contribution in [-0.2, 0) is 0 Å². The molecule has 0 aliphatic carbocycles. The Hall–Kier alpha value is -3.55. The minimum absolute atomic E-state index is 0.309. The summed E-state index contributed by atoms with van der Waals surface area (Å²) >= 11 is 0. The second-order valence-electron chi connectivity index (χ2n) is 6.38. The fourth-order valence-electron chi connectivity index (χ4n) is 2.90. The molecule has 152 valence electrons. The first-order valence-electron chi connectivity index (χ1n) is 8.99. The number of hydrogen-bond donors (Lipinski definition) is 1. The molecule has 8 heteroatoms. The van der Waals surface area contributed by atoms with Gasteiger partial charge in [-0.2, -0.15) is 4.98 Å². The van der Waals surface area contributed by atoms with E-state index < -0.39 is 6.04 Å². The molecule has 1 N–H and O–H groups in total. The molecule has 0 spiro atoms. The van der Waals surface area contributed by atoms with Crippen molar-refractivity contribution in [2.75, 3.05) is 21.3 Å². The molecule has 0 aliphatic heterocycles. The lowest BCUT2D eigenvalue weighted by Crippen LogP contribution is -2.27. The molecule has 1 heterocycles. The van der Waals surface area contributed by atoms with E-state index in [1.54, 1.807) is 19.1 Å². The zero-order chi connectivity index (χ0) is 21.0. The van der Waals surface area contributed by atoms with E-state index in [2.05, 4.69) is 15.5 Å². The molecule has 0 fully saturated rings. The first-order valence-corrected chi connectivity index (χ1v) is 8.99. The van der Waals surface area contributed by atoms with Crippen LogP contribution in [0.25, 0.3) is 11.4 Å². The van der Waals surface area contributed by atoms with Gasteiger partial charge in [0, 0.05) is 11.1 Å². The third kappa shape index (κ3) is 4.16. The Balaban J connectivity index is 1.80. The Morgan fingerprint density at radius 1 is 1.07 bits per heavy atom. The van der Waals surface area contributed by atoms with E-state index in [0.717, 1.165) is 11.1 Å². The van der Waals surface area contributed by atoms with Crippen LogP contribution in [0.4, 0.5) is 0 Å². The van der Waals surface area contributed by atoms with Crippen LogP contribution in [0.2, 0.25) is 0 Å². The highest BCUT2D eigenvalue weighted by molar-refractivity contribution is 5.95. The van der Waals surface area contributed by atoms with Crippen LogP contribution in [0.15, 0.2) is 40.9 Å². The molecule has 2 aromatic carbocycles. The van der Waals surface area contributed by atoms with Gasteiger partial charge in [-0.15, -0.1) is 0 Å². The van der Waals surface area contributed by atoms with Crippen molar-refractivity contribution in [1.29, 1.82) is 0 Å². The van der Waals surface area contributed by atoms with Crippen molar-refractivity contribution >= 4 is 5.91 Å². The quantitative estimate of drug-likeness (QED) is 0.651. The summed E-state index contributed by atoms with van der Waals surface area (Å²) in [5, 5.41) is 6.88. The lowest BCUT2D eigenvalue weighted by Gasteiger charge is -2.15. The highest BCUT2D eigenvalue weighted by Gasteiger charge is 2.21. The number of nitrogens with zero attached hydrogens (tertiary/aromatic N) is 2. The lowest BCUT2D eigenvalue weighted by molar-refractivity contribution is 0.0931. The second-order valence-corrected chi connectivity index (χ2v) is 6.38. The predicted octanol–water partition coefficient (Wildman–Crippen LogP) is 3.56. The van der Waals surface area contributed by atoms with Gasteiger partial charge in [0.25, 0.3) is 5.91 Å². The molecule has 0 unspecified atom stereocenters.